The molecule has 6 heteroatoms. The quantitative estimate of drug-likeness (QED) is 0.623. The van der Waals surface area contributed by atoms with Crippen molar-refractivity contribution in [2.24, 2.45) is 0 Å². The Labute approximate surface area is 141 Å². The highest BCUT2D eigenvalue weighted by Crippen LogP contribution is 2.26. The number of aliphatic hydroxyl groups excluding tert-OH is 2. The molecule has 0 amide bonds. The predicted molar refractivity (Wildman–Crippen MR) is 92.3 cm³/mol. The molecule has 1 heterocycles. The van der Waals surface area contributed by atoms with E-state index in [4.69, 9.17) is 4.74 Å². The Morgan fingerprint density at radius 1 is 1.43 bits per heavy atom. The summed E-state index contributed by atoms with van der Waals surface area (Å²) in [6.45, 7) is 2.11. The van der Waals surface area contributed by atoms with Gasteiger partial charge in [-0.1, -0.05) is 12.1 Å². The minimum absolute atomic E-state index is 0.0160. The summed E-state index contributed by atoms with van der Waals surface area (Å²) in [6, 6.07) is 6.94. The zero-order valence-electron chi connectivity index (χ0n) is 13.5. The van der Waals surface area contributed by atoms with E-state index in [1.807, 2.05) is 11.8 Å². The van der Waals surface area contributed by atoms with E-state index in [0.29, 0.717) is 17.9 Å². The standard InChI is InChI=1S/C17H25NO4S/c1-13(20)14-3-2-4-16(9-14)22-11-15(21)10-18-17(12-19)5-7-23-8-6-17/h2-4,9,15,18-19,21H,5-8,10-12H2,1H3/t15-/m1/s1. The van der Waals surface area contributed by atoms with Crippen molar-refractivity contribution in [1.82, 2.24) is 5.32 Å². The number of rotatable bonds is 8. The zero-order valence-corrected chi connectivity index (χ0v) is 14.3. The van der Waals surface area contributed by atoms with Crippen molar-refractivity contribution < 1.29 is 19.7 Å². The number of hydrogen-bond acceptors (Lipinski definition) is 6. The fourth-order valence-corrected chi connectivity index (χ4v) is 3.82. The van der Waals surface area contributed by atoms with Crippen LogP contribution in [0.1, 0.15) is 30.1 Å². The number of hydrogen-bond donors (Lipinski definition) is 3. The van der Waals surface area contributed by atoms with Crippen molar-refractivity contribution in [3.8, 4) is 5.75 Å². The summed E-state index contributed by atoms with van der Waals surface area (Å²) in [4.78, 5) is 11.3. The first-order valence-electron chi connectivity index (χ1n) is 7.90. The van der Waals surface area contributed by atoms with Crippen molar-refractivity contribution in [2.45, 2.75) is 31.4 Å². The van der Waals surface area contributed by atoms with Gasteiger partial charge in [-0.25, -0.2) is 0 Å². The van der Waals surface area contributed by atoms with Crippen LogP contribution in [-0.2, 0) is 0 Å². The van der Waals surface area contributed by atoms with Gasteiger partial charge in [-0.2, -0.15) is 11.8 Å². The lowest BCUT2D eigenvalue weighted by Gasteiger charge is -2.37. The van der Waals surface area contributed by atoms with E-state index < -0.39 is 6.10 Å². The fourth-order valence-electron chi connectivity index (χ4n) is 2.54. The van der Waals surface area contributed by atoms with Gasteiger partial charge in [0, 0.05) is 17.6 Å². The van der Waals surface area contributed by atoms with Crippen LogP contribution < -0.4 is 10.1 Å². The number of ketones is 1. The third-order valence-corrected chi connectivity index (χ3v) is 5.13. The van der Waals surface area contributed by atoms with Gasteiger partial charge >= 0.3 is 0 Å². The van der Waals surface area contributed by atoms with Crippen molar-refractivity contribution in [3.63, 3.8) is 0 Å². The van der Waals surface area contributed by atoms with Crippen LogP contribution in [0, 0.1) is 0 Å². The van der Waals surface area contributed by atoms with Crippen molar-refractivity contribution >= 4 is 17.5 Å². The van der Waals surface area contributed by atoms with Gasteiger partial charge < -0.3 is 20.3 Å². The van der Waals surface area contributed by atoms with E-state index in [-0.39, 0.29) is 24.5 Å². The number of aliphatic hydroxyl groups is 2. The van der Waals surface area contributed by atoms with Gasteiger partial charge in [-0.15, -0.1) is 0 Å². The number of carbonyl (C=O) groups excluding carboxylic acids is 1. The first-order valence-corrected chi connectivity index (χ1v) is 9.06. The van der Waals surface area contributed by atoms with Crippen LogP contribution in [0.15, 0.2) is 24.3 Å². The molecule has 1 atom stereocenters. The largest absolute Gasteiger partial charge is 0.491 e. The smallest absolute Gasteiger partial charge is 0.159 e. The van der Waals surface area contributed by atoms with E-state index >= 15 is 0 Å². The molecule has 1 saturated heterocycles. The third kappa shape index (κ3) is 5.49. The highest BCUT2D eigenvalue weighted by Gasteiger charge is 2.31. The molecular weight excluding hydrogens is 314 g/mol. The molecule has 1 aliphatic heterocycles. The summed E-state index contributed by atoms with van der Waals surface area (Å²) in [5.41, 5.74) is 0.315. The average molecular weight is 339 g/mol. The van der Waals surface area contributed by atoms with Crippen LogP contribution in [0.25, 0.3) is 0 Å². The molecule has 0 unspecified atom stereocenters. The topological polar surface area (TPSA) is 78.8 Å². The summed E-state index contributed by atoms with van der Waals surface area (Å²) in [6.07, 6.45) is 1.14. The number of nitrogens with one attached hydrogen (secondary N) is 1. The van der Waals surface area contributed by atoms with Gasteiger partial charge in [0.05, 0.1) is 6.61 Å². The summed E-state index contributed by atoms with van der Waals surface area (Å²) in [5.74, 6) is 2.61. The van der Waals surface area contributed by atoms with E-state index in [2.05, 4.69) is 5.32 Å². The molecule has 1 aromatic rings. The Kier molecular flexibility index (Phi) is 6.89. The Hall–Kier alpha value is -1.08. The maximum Gasteiger partial charge on any atom is 0.159 e. The lowest BCUT2D eigenvalue weighted by Crippen LogP contribution is -2.53. The SMILES string of the molecule is CC(=O)c1cccc(OC[C@H](O)CNC2(CO)CCSCC2)c1. The van der Waals surface area contributed by atoms with E-state index in [1.165, 1.54) is 6.92 Å². The molecule has 0 aromatic heterocycles. The molecule has 0 radical (unpaired) electrons. The summed E-state index contributed by atoms with van der Waals surface area (Å²) in [5, 5.41) is 23.0. The Morgan fingerprint density at radius 3 is 2.83 bits per heavy atom. The molecule has 1 aliphatic rings. The summed E-state index contributed by atoms with van der Waals surface area (Å²) < 4.78 is 5.56. The number of benzene rings is 1. The van der Waals surface area contributed by atoms with E-state index in [9.17, 15) is 15.0 Å². The normalized spacial score (nSPS) is 18.4. The van der Waals surface area contributed by atoms with E-state index in [0.717, 1.165) is 24.3 Å². The monoisotopic (exact) mass is 339 g/mol. The van der Waals surface area contributed by atoms with Gasteiger partial charge in [0.15, 0.2) is 5.78 Å². The molecule has 23 heavy (non-hydrogen) atoms. The lowest BCUT2D eigenvalue weighted by atomic mass is 9.93. The summed E-state index contributed by atoms with van der Waals surface area (Å²) >= 11 is 1.89. The first-order chi connectivity index (χ1) is 11.0. The van der Waals surface area contributed by atoms with Crippen LogP contribution in [0.3, 0.4) is 0 Å². The number of β-amino-alcohol motifs (C(OH)–C–C–N with tert-alkyl or cyclic N) is 1. The third-order valence-electron chi connectivity index (χ3n) is 4.15. The van der Waals surface area contributed by atoms with Crippen LogP contribution in [0.5, 0.6) is 5.75 Å². The molecule has 1 aromatic carbocycles. The Bertz CT molecular complexity index is 517. The van der Waals surface area contributed by atoms with Crippen LogP contribution in [0.2, 0.25) is 0 Å². The number of carbonyl (C=O) groups is 1. The van der Waals surface area contributed by atoms with E-state index in [1.54, 1.807) is 24.3 Å². The van der Waals surface area contributed by atoms with Crippen LogP contribution in [0.4, 0.5) is 0 Å². The van der Waals surface area contributed by atoms with Crippen LogP contribution >= 0.6 is 11.8 Å². The number of ether oxygens (including phenoxy) is 1. The second kappa shape index (κ2) is 8.68. The van der Waals surface area contributed by atoms with Gasteiger partial charge in [0.1, 0.15) is 18.5 Å². The highest BCUT2D eigenvalue weighted by atomic mass is 32.2. The Balaban J connectivity index is 1.79. The lowest BCUT2D eigenvalue weighted by molar-refractivity contribution is 0.0811. The van der Waals surface area contributed by atoms with Gasteiger partial charge in [0.25, 0.3) is 0 Å². The molecule has 0 spiro atoms. The number of Topliss-reactive ketones (excluding diaryl/α,β-unsaturated/α-hetero) is 1. The van der Waals surface area contributed by atoms with Gasteiger partial charge in [0.2, 0.25) is 0 Å². The first kappa shape index (κ1) is 18.3. The maximum absolute atomic E-state index is 11.3. The van der Waals surface area contributed by atoms with Crippen molar-refractivity contribution in [2.75, 3.05) is 31.3 Å². The second-order valence-electron chi connectivity index (χ2n) is 5.98. The fraction of sp³-hybridized carbons (Fsp3) is 0.588. The van der Waals surface area contributed by atoms with Gasteiger partial charge in [-0.05, 0) is 43.4 Å². The molecule has 3 N–H and O–H groups in total. The predicted octanol–water partition coefficient (Wildman–Crippen LogP) is 1.48. The molecule has 0 saturated carbocycles. The van der Waals surface area contributed by atoms with Crippen LogP contribution in [-0.4, -0.2) is 58.9 Å². The molecule has 128 valence electrons. The van der Waals surface area contributed by atoms with Gasteiger partial charge in [-0.3, -0.25) is 4.79 Å². The summed E-state index contributed by atoms with van der Waals surface area (Å²) in [7, 11) is 0. The second-order valence-corrected chi connectivity index (χ2v) is 7.21. The molecular formula is C17H25NO4S. The van der Waals surface area contributed by atoms with Crippen molar-refractivity contribution in [1.29, 1.82) is 0 Å². The zero-order chi connectivity index (χ0) is 16.7. The molecule has 0 bridgehead atoms. The highest BCUT2D eigenvalue weighted by molar-refractivity contribution is 7.99. The van der Waals surface area contributed by atoms with Crippen molar-refractivity contribution in [3.05, 3.63) is 29.8 Å². The minimum atomic E-state index is -0.672. The molecule has 5 nitrogen and oxygen atoms in total. The maximum atomic E-state index is 11.3. The molecule has 0 aliphatic carbocycles. The molecule has 2 rings (SSSR count). The molecule has 1 fully saturated rings. The minimum Gasteiger partial charge on any atom is -0.491 e. The average Bonchev–Trinajstić information content (AvgIpc) is 2.59. The number of thioether (sulfide) groups is 1. The Morgan fingerprint density at radius 2 is 2.17 bits per heavy atom.